The van der Waals surface area contributed by atoms with E-state index in [1.165, 1.54) is 0 Å². The molecule has 0 aliphatic rings. The first kappa shape index (κ1) is 15.9. The Morgan fingerprint density at radius 2 is 1.62 bits per heavy atom. The predicted molar refractivity (Wildman–Crippen MR) is 90.1 cm³/mol. The van der Waals surface area contributed by atoms with Crippen molar-refractivity contribution in [1.82, 2.24) is 9.97 Å². The maximum atomic E-state index is 6.03. The van der Waals surface area contributed by atoms with Gasteiger partial charge in [-0.1, -0.05) is 30.1 Å². The van der Waals surface area contributed by atoms with Gasteiger partial charge < -0.3 is 10.6 Å². The summed E-state index contributed by atoms with van der Waals surface area (Å²) in [5, 5.41) is 7.69. The van der Waals surface area contributed by atoms with Gasteiger partial charge in [0.25, 0.3) is 0 Å². The molecule has 0 radical (unpaired) electrons. The molecule has 0 aliphatic heterocycles. The predicted octanol–water partition coefficient (Wildman–Crippen LogP) is 4.83. The van der Waals surface area contributed by atoms with Crippen molar-refractivity contribution in [2.75, 3.05) is 17.2 Å². The van der Waals surface area contributed by atoms with Crippen molar-refractivity contribution in [2.24, 2.45) is 0 Å². The molecule has 0 amide bonds. The zero-order valence-electron chi connectivity index (χ0n) is 12.3. The van der Waals surface area contributed by atoms with E-state index in [4.69, 9.17) is 23.2 Å². The van der Waals surface area contributed by atoms with Crippen molar-refractivity contribution in [1.29, 1.82) is 0 Å². The van der Waals surface area contributed by atoms with Crippen molar-refractivity contribution >= 4 is 40.5 Å². The lowest BCUT2D eigenvalue weighted by Gasteiger charge is -2.14. The fourth-order valence-electron chi connectivity index (χ4n) is 1.95. The molecule has 1 aromatic heterocycles. The molecule has 0 unspecified atom stereocenters. The van der Waals surface area contributed by atoms with Crippen LogP contribution in [0.5, 0.6) is 0 Å². The minimum Gasteiger partial charge on any atom is -0.370 e. The molecule has 0 fully saturated rings. The van der Waals surface area contributed by atoms with Crippen LogP contribution < -0.4 is 10.6 Å². The molecular formula is C15H18Cl2N4. The summed E-state index contributed by atoms with van der Waals surface area (Å²) in [6.07, 6.45) is 0.768. The van der Waals surface area contributed by atoms with Gasteiger partial charge in [0.1, 0.15) is 17.5 Å². The maximum Gasteiger partial charge on any atom is 0.139 e. The highest BCUT2D eigenvalue weighted by molar-refractivity contribution is 6.35. The zero-order valence-corrected chi connectivity index (χ0v) is 13.8. The largest absolute Gasteiger partial charge is 0.370 e. The number of anilines is 3. The Labute approximate surface area is 134 Å². The number of benzene rings is 1. The molecule has 112 valence electrons. The Kier molecular flexibility index (Phi) is 5.26. The average molecular weight is 325 g/mol. The van der Waals surface area contributed by atoms with Crippen LogP contribution in [0.15, 0.2) is 18.2 Å². The Morgan fingerprint density at radius 3 is 2.19 bits per heavy atom. The first-order valence-corrected chi connectivity index (χ1v) is 7.63. The Balaban J connectivity index is 2.40. The van der Waals surface area contributed by atoms with Gasteiger partial charge in [-0.25, -0.2) is 9.97 Å². The number of hydrogen-bond donors (Lipinski definition) is 2. The van der Waals surface area contributed by atoms with Crippen LogP contribution in [0, 0.1) is 6.92 Å². The first-order valence-electron chi connectivity index (χ1n) is 6.88. The Hall–Kier alpha value is -1.52. The molecule has 0 spiro atoms. The van der Waals surface area contributed by atoms with Crippen LogP contribution >= 0.6 is 23.2 Å². The van der Waals surface area contributed by atoms with Crippen molar-refractivity contribution in [2.45, 2.75) is 27.2 Å². The summed E-state index contributed by atoms with van der Waals surface area (Å²) >= 11 is 12.1. The molecule has 1 aromatic carbocycles. The van der Waals surface area contributed by atoms with Crippen LogP contribution in [0.4, 0.5) is 17.3 Å². The lowest BCUT2D eigenvalue weighted by Crippen LogP contribution is -2.09. The second kappa shape index (κ2) is 6.96. The molecule has 2 rings (SSSR count). The van der Waals surface area contributed by atoms with Gasteiger partial charge in [0.05, 0.1) is 0 Å². The summed E-state index contributed by atoms with van der Waals surface area (Å²) in [6, 6.07) is 5.32. The zero-order chi connectivity index (χ0) is 15.4. The molecule has 0 bridgehead atoms. The highest BCUT2D eigenvalue weighted by atomic mass is 35.5. The van der Waals surface area contributed by atoms with Crippen molar-refractivity contribution < 1.29 is 0 Å². The number of rotatable bonds is 5. The molecule has 2 aromatic rings. The van der Waals surface area contributed by atoms with Crippen molar-refractivity contribution in [3.63, 3.8) is 0 Å². The van der Waals surface area contributed by atoms with Gasteiger partial charge >= 0.3 is 0 Å². The van der Waals surface area contributed by atoms with Gasteiger partial charge in [-0.2, -0.15) is 0 Å². The van der Waals surface area contributed by atoms with Crippen LogP contribution in [0.1, 0.15) is 25.2 Å². The van der Waals surface area contributed by atoms with Gasteiger partial charge in [-0.3, -0.25) is 0 Å². The van der Waals surface area contributed by atoms with E-state index in [1.54, 1.807) is 6.07 Å². The fourth-order valence-corrected chi connectivity index (χ4v) is 2.47. The van der Waals surface area contributed by atoms with Crippen molar-refractivity contribution in [3.8, 4) is 0 Å². The molecule has 0 atom stereocenters. The summed E-state index contributed by atoms with van der Waals surface area (Å²) in [6.45, 7) is 6.85. The second-order valence-electron chi connectivity index (χ2n) is 4.63. The number of nitrogens with zero attached hydrogens (tertiary/aromatic N) is 2. The topological polar surface area (TPSA) is 49.8 Å². The van der Waals surface area contributed by atoms with Crippen LogP contribution in [0.3, 0.4) is 0 Å². The van der Waals surface area contributed by atoms with Crippen molar-refractivity contribution in [3.05, 3.63) is 39.6 Å². The molecule has 4 nitrogen and oxygen atoms in total. The van der Waals surface area contributed by atoms with Gasteiger partial charge in [0, 0.05) is 34.3 Å². The van der Waals surface area contributed by atoms with E-state index >= 15 is 0 Å². The van der Waals surface area contributed by atoms with E-state index in [9.17, 15) is 0 Å². The molecule has 6 heteroatoms. The van der Waals surface area contributed by atoms with Crippen LogP contribution in [0.2, 0.25) is 10.0 Å². The quantitative estimate of drug-likeness (QED) is 0.827. The molecule has 0 saturated heterocycles. The summed E-state index contributed by atoms with van der Waals surface area (Å²) in [5.74, 6) is 2.39. The molecule has 21 heavy (non-hydrogen) atoms. The van der Waals surface area contributed by atoms with Gasteiger partial charge in [0.15, 0.2) is 0 Å². The van der Waals surface area contributed by atoms with E-state index in [-0.39, 0.29) is 0 Å². The number of aromatic nitrogens is 2. The SMILES string of the molecule is CCNc1nc(CC)nc(Nc2cc(Cl)cc(Cl)c2)c1C. The molecular weight excluding hydrogens is 307 g/mol. The lowest BCUT2D eigenvalue weighted by atomic mass is 10.2. The van der Waals surface area contributed by atoms with E-state index in [0.717, 1.165) is 41.7 Å². The van der Waals surface area contributed by atoms with E-state index in [0.29, 0.717) is 10.0 Å². The normalized spacial score (nSPS) is 10.5. The molecule has 1 heterocycles. The number of halogens is 2. The second-order valence-corrected chi connectivity index (χ2v) is 5.50. The molecule has 2 N–H and O–H groups in total. The highest BCUT2D eigenvalue weighted by Crippen LogP contribution is 2.27. The van der Waals surface area contributed by atoms with Gasteiger partial charge in [-0.15, -0.1) is 0 Å². The minimum absolute atomic E-state index is 0.583. The highest BCUT2D eigenvalue weighted by Gasteiger charge is 2.10. The third kappa shape index (κ3) is 3.99. The number of aryl methyl sites for hydroxylation is 1. The third-order valence-electron chi connectivity index (χ3n) is 2.98. The maximum absolute atomic E-state index is 6.03. The summed E-state index contributed by atoms with van der Waals surface area (Å²) in [4.78, 5) is 9.04. The third-order valence-corrected chi connectivity index (χ3v) is 3.41. The summed E-state index contributed by atoms with van der Waals surface area (Å²) in [5.41, 5.74) is 1.77. The fraction of sp³-hybridized carbons (Fsp3) is 0.333. The van der Waals surface area contributed by atoms with Crippen LogP contribution in [-0.4, -0.2) is 16.5 Å². The minimum atomic E-state index is 0.583. The Morgan fingerprint density at radius 1 is 1.00 bits per heavy atom. The monoisotopic (exact) mass is 324 g/mol. The van der Waals surface area contributed by atoms with E-state index in [2.05, 4.69) is 20.6 Å². The lowest BCUT2D eigenvalue weighted by molar-refractivity contribution is 0.930. The molecule has 0 aliphatic carbocycles. The summed E-state index contributed by atoms with van der Waals surface area (Å²) in [7, 11) is 0. The Bertz CT molecular complexity index is 624. The van der Waals surface area contributed by atoms with Crippen LogP contribution in [-0.2, 0) is 6.42 Å². The van der Waals surface area contributed by atoms with E-state index < -0.39 is 0 Å². The smallest absolute Gasteiger partial charge is 0.139 e. The number of nitrogens with one attached hydrogen (secondary N) is 2. The van der Waals surface area contributed by atoms with E-state index in [1.807, 2.05) is 32.9 Å². The first-order chi connectivity index (χ1) is 10.0. The van der Waals surface area contributed by atoms with Gasteiger partial charge in [-0.05, 0) is 32.0 Å². The average Bonchev–Trinajstić information content (AvgIpc) is 2.42. The molecule has 0 saturated carbocycles. The summed E-state index contributed by atoms with van der Waals surface area (Å²) < 4.78 is 0. The standard InChI is InChI=1S/C15H18Cl2N4/c1-4-13-20-14(18-5-2)9(3)15(21-13)19-12-7-10(16)6-11(17)8-12/h6-8H,4-5H2,1-3H3,(H2,18,19,20,21). The van der Waals surface area contributed by atoms with Crippen LogP contribution in [0.25, 0.3) is 0 Å². The number of hydrogen-bond acceptors (Lipinski definition) is 4. The van der Waals surface area contributed by atoms with Gasteiger partial charge in [0.2, 0.25) is 0 Å².